The van der Waals surface area contributed by atoms with Gasteiger partial charge in [-0.15, -0.1) is 0 Å². The van der Waals surface area contributed by atoms with E-state index in [9.17, 15) is 0 Å². The minimum atomic E-state index is 0.302. The van der Waals surface area contributed by atoms with Crippen molar-refractivity contribution in [2.45, 2.75) is 25.2 Å². The Labute approximate surface area is 185 Å². The molecule has 0 amide bonds. The van der Waals surface area contributed by atoms with Crippen molar-refractivity contribution in [3.8, 4) is 11.4 Å². The second kappa shape index (κ2) is 8.40. The van der Waals surface area contributed by atoms with E-state index in [1.165, 1.54) is 11.1 Å². The Morgan fingerprint density at radius 3 is 2.77 bits per heavy atom. The molecule has 2 aromatic carbocycles. The lowest BCUT2D eigenvalue weighted by Crippen LogP contribution is -2.15. The van der Waals surface area contributed by atoms with E-state index in [4.69, 9.17) is 21.3 Å². The normalized spacial score (nSPS) is 15.4. The molecule has 0 bridgehead atoms. The molecule has 7 heteroatoms. The third-order valence-electron chi connectivity index (χ3n) is 5.63. The number of benzene rings is 2. The Kier molecular flexibility index (Phi) is 5.30. The first-order valence-corrected chi connectivity index (χ1v) is 10.6. The van der Waals surface area contributed by atoms with Crippen LogP contribution < -0.4 is 10.1 Å². The number of anilines is 2. The number of hydrogen-bond acceptors (Lipinski definition) is 5. The van der Waals surface area contributed by atoms with Crippen molar-refractivity contribution in [3.63, 3.8) is 0 Å². The first kappa shape index (κ1) is 19.6. The number of aryl methyl sites for hydroxylation is 1. The highest BCUT2D eigenvalue weighted by Gasteiger charge is 2.24. The van der Waals surface area contributed by atoms with E-state index in [1.807, 2.05) is 29.0 Å². The number of fused-ring (bicyclic) bond motifs is 1. The first-order valence-electron chi connectivity index (χ1n) is 10.3. The Bertz CT molecular complexity index is 1210. The van der Waals surface area contributed by atoms with E-state index in [2.05, 4.69) is 45.6 Å². The lowest BCUT2D eigenvalue weighted by molar-refractivity contribution is 0.413. The number of nitrogens with one attached hydrogen (secondary N) is 1. The number of halogens is 1. The van der Waals surface area contributed by atoms with Gasteiger partial charge in [0.05, 0.1) is 18.5 Å². The number of imidazole rings is 1. The van der Waals surface area contributed by atoms with Gasteiger partial charge in [-0.25, -0.2) is 15.0 Å². The summed E-state index contributed by atoms with van der Waals surface area (Å²) >= 11 is 5.96. The molecule has 0 fully saturated rings. The SMILES string of the molecule is COc1cc(Nc2ncc3c(n2)C(c2ccccc2)CCC3)ccc1-n1cnc(Cl)c1. The van der Waals surface area contributed by atoms with Gasteiger partial charge in [0.1, 0.15) is 17.2 Å². The van der Waals surface area contributed by atoms with Crippen LogP contribution in [0.25, 0.3) is 5.69 Å². The average molecular weight is 432 g/mol. The average Bonchev–Trinajstić information content (AvgIpc) is 3.25. The van der Waals surface area contributed by atoms with Gasteiger partial charge in [-0.2, -0.15) is 0 Å². The molecule has 1 unspecified atom stereocenters. The van der Waals surface area contributed by atoms with Crippen LogP contribution in [0.2, 0.25) is 5.15 Å². The highest BCUT2D eigenvalue weighted by molar-refractivity contribution is 6.29. The quantitative estimate of drug-likeness (QED) is 0.449. The van der Waals surface area contributed by atoms with Gasteiger partial charge in [0, 0.05) is 30.1 Å². The Hall–Kier alpha value is -3.38. The zero-order valence-corrected chi connectivity index (χ0v) is 17.9. The second-order valence-corrected chi connectivity index (χ2v) is 7.96. The van der Waals surface area contributed by atoms with Crippen molar-refractivity contribution in [1.29, 1.82) is 0 Å². The van der Waals surface area contributed by atoms with Crippen molar-refractivity contribution >= 4 is 23.2 Å². The zero-order valence-electron chi connectivity index (χ0n) is 17.1. The molecule has 0 saturated carbocycles. The molecule has 1 aliphatic rings. The molecule has 1 aliphatic carbocycles. The van der Waals surface area contributed by atoms with E-state index in [1.54, 1.807) is 19.6 Å². The highest BCUT2D eigenvalue weighted by atomic mass is 35.5. The number of aromatic nitrogens is 4. The van der Waals surface area contributed by atoms with Crippen molar-refractivity contribution in [2.75, 3.05) is 12.4 Å². The van der Waals surface area contributed by atoms with Crippen LogP contribution in [0.15, 0.2) is 67.3 Å². The van der Waals surface area contributed by atoms with Crippen LogP contribution in [0.3, 0.4) is 0 Å². The maximum absolute atomic E-state index is 5.96. The molecule has 0 radical (unpaired) electrons. The molecule has 4 aromatic rings. The lowest BCUT2D eigenvalue weighted by Gasteiger charge is -2.25. The Morgan fingerprint density at radius 2 is 2.00 bits per heavy atom. The number of methoxy groups -OCH3 is 1. The fraction of sp³-hybridized carbons (Fsp3) is 0.208. The van der Waals surface area contributed by atoms with Gasteiger partial charge in [0.25, 0.3) is 0 Å². The zero-order chi connectivity index (χ0) is 21.2. The summed E-state index contributed by atoms with van der Waals surface area (Å²) in [5.74, 6) is 1.58. The van der Waals surface area contributed by atoms with Crippen LogP contribution in [-0.2, 0) is 6.42 Å². The monoisotopic (exact) mass is 431 g/mol. The molecule has 0 spiro atoms. The minimum Gasteiger partial charge on any atom is -0.494 e. The summed E-state index contributed by atoms with van der Waals surface area (Å²) in [7, 11) is 1.64. The third-order valence-corrected chi connectivity index (χ3v) is 5.83. The van der Waals surface area contributed by atoms with E-state index in [0.29, 0.717) is 22.8 Å². The number of ether oxygens (including phenoxy) is 1. The van der Waals surface area contributed by atoms with Gasteiger partial charge in [-0.1, -0.05) is 41.9 Å². The summed E-state index contributed by atoms with van der Waals surface area (Å²) in [6.45, 7) is 0. The summed E-state index contributed by atoms with van der Waals surface area (Å²) in [5, 5.41) is 3.76. The van der Waals surface area contributed by atoms with Crippen LogP contribution in [0.1, 0.15) is 35.6 Å². The molecule has 31 heavy (non-hydrogen) atoms. The molecule has 5 rings (SSSR count). The molecule has 0 saturated heterocycles. The third kappa shape index (κ3) is 3.99. The molecular weight excluding hydrogens is 410 g/mol. The summed E-state index contributed by atoms with van der Waals surface area (Å²) < 4.78 is 7.40. The second-order valence-electron chi connectivity index (χ2n) is 7.57. The molecule has 2 heterocycles. The number of hydrogen-bond donors (Lipinski definition) is 1. The van der Waals surface area contributed by atoms with Gasteiger partial charge in [0.2, 0.25) is 5.95 Å². The van der Waals surface area contributed by atoms with Crippen LogP contribution in [-0.4, -0.2) is 26.6 Å². The summed E-state index contributed by atoms with van der Waals surface area (Å²) in [5.41, 5.74) is 5.35. The van der Waals surface area contributed by atoms with Gasteiger partial charge in [-0.05, 0) is 42.5 Å². The maximum Gasteiger partial charge on any atom is 0.227 e. The molecular formula is C24H22ClN5O. The molecule has 1 N–H and O–H groups in total. The number of rotatable bonds is 5. The van der Waals surface area contributed by atoms with Crippen molar-refractivity contribution in [2.24, 2.45) is 0 Å². The Balaban J connectivity index is 1.44. The molecule has 156 valence electrons. The van der Waals surface area contributed by atoms with Gasteiger partial charge < -0.3 is 14.6 Å². The van der Waals surface area contributed by atoms with Crippen LogP contribution in [0.5, 0.6) is 5.75 Å². The van der Waals surface area contributed by atoms with Crippen LogP contribution in [0, 0.1) is 0 Å². The van der Waals surface area contributed by atoms with E-state index < -0.39 is 0 Å². The lowest BCUT2D eigenvalue weighted by atomic mass is 9.83. The Morgan fingerprint density at radius 1 is 1.13 bits per heavy atom. The number of nitrogens with zero attached hydrogens (tertiary/aromatic N) is 4. The van der Waals surface area contributed by atoms with Crippen LogP contribution >= 0.6 is 11.6 Å². The van der Waals surface area contributed by atoms with Crippen molar-refractivity contribution in [3.05, 3.63) is 89.2 Å². The largest absolute Gasteiger partial charge is 0.494 e. The fourth-order valence-electron chi connectivity index (χ4n) is 4.15. The van der Waals surface area contributed by atoms with E-state index >= 15 is 0 Å². The topological polar surface area (TPSA) is 64.9 Å². The molecule has 2 aromatic heterocycles. The minimum absolute atomic E-state index is 0.302. The van der Waals surface area contributed by atoms with E-state index in [0.717, 1.165) is 36.3 Å². The smallest absolute Gasteiger partial charge is 0.227 e. The van der Waals surface area contributed by atoms with Crippen LogP contribution in [0.4, 0.5) is 11.6 Å². The summed E-state index contributed by atoms with van der Waals surface area (Å²) in [6.07, 6.45) is 8.63. The molecule has 0 aliphatic heterocycles. The standard InChI is InChI=1S/C24H22ClN5O/c1-31-21-12-18(10-11-20(21)30-14-22(25)27-15-30)28-24-26-13-17-8-5-9-19(23(17)29-24)16-6-3-2-4-7-16/h2-4,6-7,10-15,19H,5,8-9H2,1H3,(H,26,28,29). The van der Waals surface area contributed by atoms with E-state index in [-0.39, 0.29) is 0 Å². The summed E-state index contributed by atoms with van der Waals surface area (Å²) in [6, 6.07) is 16.4. The van der Waals surface area contributed by atoms with Gasteiger partial charge in [-0.3, -0.25) is 0 Å². The van der Waals surface area contributed by atoms with Crippen molar-refractivity contribution in [1.82, 2.24) is 19.5 Å². The highest BCUT2D eigenvalue weighted by Crippen LogP contribution is 2.36. The summed E-state index contributed by atoms with van der Waals surface area (Å²) in [4.78, 5) is 13.5. The first-order chi connectivity index (χ1) is 15.2. The molecule has 6 nitrogen and oxygen atoms in total. The van der Waals surface area contributed by atoms with Gasteiger partial charge >= 0.3 is 0 Å². The van der Waals surface area contributed by atoms with Gasteiger partial charge in [0.15, 0.2) is 0 Å². The van der Waals surface area contributed by atoms with Crippen molar-refractivity contribution < 1.29 is 4.74 Å². The predicted molar refractivity (Wildman–Crippen MR) is 122 cm³/mol. The molecule has 1 atom stereocenters. The predicted octanol–water partition coefficient (Wildman–Crippen LogP) is 5.54. The maximum atomic E-state index is 5.96. The fourth-order valence-corrected chi connectivity index (χ4v) is 4.29.